The minimum absolute atomic E-state index is 0.254. The molecule has 14 heavy (non-hydrogen) atoms. The second-order valence-electron chi connectivity index (χ2n) is 5.05. The summed E-state index contributed by atoms with van der Waals surface area (Å²) >= 11 is 1.88. The van der Waals surface area contributed by atoms with Gasteiger partial charge in [0.1, 0.15) is 0 Å². The first kappa shape index (κ1) is 10.3. The fourth-order valence-electron chi connectivity index (χ4n) is 1.76. The maximum atomic E-state index is 4.67. The molecule has 0 aromatic rings. The zero-order valence-electron chi connectivity index (χ0n) is 9.18. The Morgan fingerprint density at radius 1 is 1.50 bits per heavy atom. The van der Waals surface area contributed by atoms with Crippen LogP contribution in [-0.4, -0.2) is 23.0 Å². The van der Waals surface area contributed by atoms with Gasteiger partial charge in [-0.3, -0.25) is 4.99 Å². The lowest BCUT2D eigenvalue weighted by molar-refractivity contribution is 0.325. The Morgan fingerprint density at radius 3 is 2.86 bits per heavy atom. The number of hydrogen-bond acceptors (Lipinski definition) is 2. The van der Waals surface area contributed by atoms with Crippen LogP contribution in [0.4, 0.5) is 0 Å². The van der Waals surface area contributed by atoms with Crippen LogP contribution >= 0.6 is 11.8 Å². The molecule has 1 saturated heterocycles. The zero-order chi connectivity index (χ0) is 10.0. The predicted molar refractivity (Wildman–Crippen MR) is 63.9 cm³/mol. The molecule has 3 heteroatoms. The van der Waals surface area contributed by atoms with Crippen LogP contribution in [0, 0.1) is 5.92 Å². The van der Waals surface area contributed by atoms with Gasteiger partial charge < -0.3 is 5.32 Å². The molecule has 0 amide bonds. The lowest BCUT2D eigenvalue weighted by Crippen LogP contribution is -2.46. The first-order valence-corrected chi connectivity index (χ1v) is 6.60. The highest BCUT2D eigenvalue weighted by molar-refractivity contribution is 8.13. The predicted octanol–water partition coefficient (Wildman–Crippen LogP) is 2.65. The summed E-state index contributed by atoms with van der Waals surface area (Å²) in [4.78, 5) is 4.67. The number of nitrogens with one attached hydrogen (secondary N) is 1. The van der Waals surface area contributed by atoms with Gasteiger partial charge in [-0.25, -0.2) is 0 Å². The molecule has 1 heterocycles. The SMILES string of the molecule is CC1(C)CCSC(=NCC2CCC2)N1. The first-order valence-electron chi connectivity index (χ1n) is 5.61. The third kappa shape index (κ3) is 2.66. The molecular weight excluding hydrogens is 192 g/mol. The number of rotatable bonds is 2. The zero-order valence-corrected chi connectivity index (χ0v) is 9.99. The number of aliphatic imine (C=N–C) groups is 1. The van der Waals surface area contributed by atoms with Crippen molar-refractivity contribution in [3.63, 3.8) is 0 Å². The van der Waals surface area contributed by atoms with Gasteiger partial charge >= 0.3 is 0 Å². The molecule has 0 aromatic heterocycles. The van der Waals surface area contributed by atoms with Crippen LogP contribution in [0.3, 0.4) is 0 Å². The monoisotopic (exact) mass is 212 g/mol. The summed E-state index contributed by atoms with van der Waals surface area (Å²) in [5.74, 6) is 2.10. The van der Waals surface area contributed by atoms with Crippen LogP contribution in [-0.2, 0) is 0 Å². The van der Waals surface area contributed by atoms with Crippen LogP contribution in [0.5, 0.6) is 0 Å². The van der Waals surface area contributed by atoms with Crippen molar-refractivity contribution in [2.75, 3.05) is 12.3 Å². The van der Waals surface area contributed by atoms with Gasteiger partial charge in [0.15, 0.2) is 5.17 Å². The standard InChI is InChI=1S/C11H20N2S/c1-11(2)6-7-14-10(13-11)12-8-9-4-3-5-9/h9H,3-8H2,1-2H3,(H,12,13). The topological polar surface area (TPSA) is 24.4 Å². The molecule has 2 nitrogen and oxygen atoms in total. The summed E-state index contributed by atoms with van der Waals surface area (Å²) in [7, 11) is 0. The van der Waals surface area contributed by atoms with Crippen LogP contribution in [0.1, 0.15) is 39.5 Å². The minimum Gasteiger partial charge on any atom is -0.360 e. The largest absolute Gasteiger partial charge is 0.360 e. The van der Waals surface area contributed by atoms with Crippen molar-refractivity contribution in [3.8, 4) is 0 Å². The fourth-order valence-corrected chi connectivity index (χ4v) is 3.08. The van der Waals surface area contributed by atoms with Crippen molar-refractivity contribution in [2.24, 2.45) is 10.9 Å². The lowest BCUT2D eigenvalue weighted by atomic mass is 9.86. The maximum absolute atomic E-state index is 4.67. The molecule has 2 aliphatic rings. The Bertz CT molecular complexity index is 231. The van der Waals surface area contributed by atoms with Crippen LogP contribution in [0.25, 0.3) is 0 Å². The summed E-state index contributed by atoms with van der Waals surface area (Å²) in [6.45, 7) is 5.56. The molecule has 1 saturated carbocycles. The van der Waals surface area contributed by atoms with Gasteiger partial charge in [0.25, 0.3) is 0 Å². The summed E-state index contributed by atoms with van der Waals surface area (Å²) in [6, 6.07) is 0. The third-order valence-corrected chi connectivity index (χ3v) is 4.04. The van der Waals surface area contributed by atoms with Crippen molar-refractivity contribution >= 4 is 16.9 Å². The fraction of sp³-hybridized carbons (Fsp3) is 0.909. The van der Waals surface area contributed by atoms with Crippen LogP contribution in [0.2, 0.25) is 0 Å². The normalized spacial score (nSPS) is 29.7. The molecule has 0 aromatic carbocycles. The highest BCUT2D eigenvalue weighted by Gasteiger charge is 2.24. The molecule has 0 unspecified atom stereocenters. The highest BCUT2D eigenvalue weighted by Crippen LogP contribution is 2.27. The van der Waals surface area contributed by atoms with Gasteiger partial charge in [0.2, 0.25) is 0 Å². The molecule has 1 aliphatic heterocycles. The number of amidine groups is 1. The van der Waals surface area contributed by atoms with E-state index in [2.05, 4.69) is 24.2 Å². The van der Waals surface area contributed by atoms with Crippen LogP contribution < -0.4 is 5.32 Å². The molecule has 2 fully saturated rings. The smallest absolute Gasteiger partial charge is 0.156 e. The molecule has 1 N–H and O–H groups in total. The van der Waals surface area contributed by atoms with Gasteiger partial charge in [-0.1, -0.05) is 18.2 Å². The molecule has 0 bridgehead atoms. The van der Waals surface area contributed by atoms with Gasteiger partial charge in [0.05, 0.1) is 0 Å². The van der Waals surface area contributed by atoms with Gasteiger partial charge in [0, 0.05) is 17.8 Å². The molecule has 0 radical (unpaired) electrons. The van der Waals surface area contributed by atoms with E-state index < -0.39 is 0 Å². The van der Waals surface area contributed by atoms with E-state index in [0.717, 1.165) is 12.5 Å². The van der Waals surface area contributed by atoms with E-state index in [1.165, 1.54) is 36.6 Å². The Balaban J connectivity index is 1.83. The maximum Gasteiger partial charge on any atom is 0.156 e. The molecule has 0 atom stereocenters. The highest BCUT2D eigenvalue weighted by atomic mass is 32.2. The Labute approximate surface area is 90.9 Å². The van der Waals surface area contributed by atoms with Crippen molar-refractivity contribution < 1.29 is 0 Å². The average molecular weight is 212 g/mol. The summed E-state index contributed by atoms with van der Waals surface area (Å²) < 4.78 is 0. The number of thioether (sulfide) groups is 1. The second kappa shape index (κ2) is 4.13. The average Bonchev–Trinajstić information content (AvgIpc) is 1.99. The van der Waals surface area contributed by atoms with E-state index in [1.807, 2.05) is 11.8 Å². The van der Waals surface area contributed by atoms with E-state index >= 15 is 0 Å². The van der Waals surface area contributed by atoms with Gasteiger partial charge in [-0.15, -0.1) is 0 Å². The molecule has 80 valence electrons. The first-order chi connectivity index (χ1) is 6.66. The summed E-state index contributed by atoms with van der Waals surface area (Å²) in [6.07, 6.45) is 5.44. The van der Waals surface area contributed by atoms with Crippen molar-refractivity contribution in [3.05, 3.63) is 0 Å². The van der Waals surface area contributed by atoms with E-state index in [4.69, 9.17) is 0 Å². The number of nitrogens with zero attached hydrogens (tertiary/aromatic N) is 1. The van der Waals surface area contributed by atoms with E-state index in [0.29, 0.717) is 0 Å². The Kier molecular flexibility index (Phi) is 3.05. The Morgan fingerprint density at radius 2 is 2.29 bits per heavy atom. The molecule has 1 aliphatic carbocycles. The van der Waals surface area contributed by atoms with E-state index in [1.54, 1.807) is 0 Å². The van der Waals surface area contributed by atoms with E-state index in [-0.39, 0.29) is 5.54 Å². The van der Waals surface area contributed by atoms with Crippen molar-refractivity contribution in [1.82, 2.24) is 5.32 Å². The minimum atomic E-state index is 0.254. The summed E-state index contributed by atoms with van der Waals surface area (Å²) in [5.41, 5.74) is 0.254. The number of hydrogen-bond donors (Lipinski definition) is 1. The lowest BCUT2D eigenvalue weighted by Gasteiger charge is -2.33. The van der Waals surface area contributed by atoms with Crippen molar-refractivity contribution in [2.45, 2.75) is 45.1 Å². The third-order valence-electron chi connectivity index (χ3n) is 3.13. The second-order valence-corrected chi connectivity index (χ2v) is 6.13. The summed E-state index contributed by atoms with van der Waals surface area (Å²) in [5, 5.41) is 4.68. The van der Waals surface area contributed by atoms with Crippen LogP contribution in [0.15, 0.2) is 4.99 Å². The van der Waals surface area contributed by atoms with Gasteiger partial charge in [-0.2, -0.15) is 0 Å². The molecular formula is C11H20N2S. The Hall–Kier alpha value is -0.180. The van der Waals surface area contributed by atoms with Crippen molar-refractivity contribution in [1.29, 1.82) is 0 Å². The van der Waals surface area contributed by atoms with E-state index in [9.17, 15) is 0 Å². The molecule has 0 spiro atoms. The molecule has 2 rings (SSSR count). The quantitative estimate of drug-likeness (QED) is 0.761. The van der Waals surface area contributed by atoms with Gasteiger partial charge in [-0.05, 0) is 39.0 Å².